The van der Waals surface area contributed by atoms with Gasteiger partial charge in [-0.05, 0) is 35.6 Å². The van der Waals surface area contributed by atoms with E-state index in [2.05, 4.69) is 38.2 Å². The van der Waals surface area contributed by atoms with Gasteiger partial charge in [0.2, 0.25) is 0 Å². The van der Waals surface area contributed by atoms with E-state index >= 15 is 0 Å². The van der Waals surface area contributed by atoms with Gasteiger partial charge in [-0.15, -0.1) is 0 Å². The number of amidine groups is 1. The van der Waals surface area contributed by atoms with Crippen molar-refractivity contribution in [2.75, 3.05) is 19.7 Å². The first-order valence-electron chi connectivity index (χ1n) is 7.28. The van der Waals surface area contributed by atoms with Crippen molar-refractivity contribution in [2.24, 2.45) is 22.2 Å². The van der Waals surface area contributed by atoms with Crippen molar-refractivity contribution < 1.29 is 9.94 Å². The summed E-state index contributed by atoms with van der Waals surface area (Å²) < 4.78 is 5.64. The maximum atomic E-state index is 8.59. The van der Waals surface area contributed by atoms with E-state index in [0.29, 0.717) is 18.1 Å². The number of oxime groups is 1. The summed E-state index contributed by atoms with van der Waals surface area (Å²) in [6, 6.07) is 7.15. The number of hydrogen-bond acceptors (Lipinski definition) is 4. The highest BCUT2D eigenvalue weighted by molar-refractivity contribution is 5.97. The fourth-order valence-electron chi connectivity index (χ4n) is 1.64. The van der Waals surface area contributed by atoms with Crippen LogP contribution in [0.4, 0.5) is 0 Å². The minimum atomic E-state index is 0.0964. The van der Waals surface area contributed by atoms with E-state index in [1.165, 1.54) is 0 Å². The van der Waals surface area contributed by atoms with E-state index in [0.717, 1.165) is 18.8 Å². The van der Waals surface area contributed by atoms with E-state index in [4.69, 9.17) is 15.7 Å². The molecule has 0 fully saturated rings. The summed E-state index contributed by atoms with van der Waals surface area (Å²) >= 11 is 0. The molecule has 0 bridgehead atoms. The number of nitrogens with zero attached hydrogens (tertiary/aromatic N) is 1. The lowest BCUT2D eigenvalue weighted by molar-refractivity contribution is 0.228. The molecule has 0 aromatic heterocycles. The fourth-order valence-corrected chi connectivity index (χ4v) is 1.64. The predicted octanol–water partition coefficient (Wildman–Crippen LogP) is 2.43. The lowest BCUT2D eigenvalue weighted by Gasteiger charge is -2.29. The number of hydrogen-bond donors (Lipinski definition) is 3. The van der Waals surface area contributed by atoms with Gasteiger partial charge in [-0.2, -0.15) is 0 Å². The fraction of sp³-hybridized carbons (Fsp3) is 0.562. The highest BCUT2D eigenvalue weighted by Gasteiger charge is 2.21. The summed E-state index contributed by atoms with van der Waals surface area (Å²) in [5, 5.41) is 15.0. The Bertz CT molecular complexity index is 453. The van der Waals surface area contributed by atoms with Gasteiger partial charge >= 0.3 is 0 Å². The van der Waals surface area contributed by atoms with Gasteiger partial charge in [0.05, 0.1) is 0 Å². The molecule has 0 saturated carbocycles. The Morgan fingerprint density at radius 1 is 1.33 bits per heavy atom. The molecule has 5 heteroatoms. The standard InChI is InChI=1S/C16H27N3O2/c1-12(2)16(3,4)11-18-9-10-21-14-7-5-13(6-8-14)15(17)19-20/h5-8,12,18,20H,9-11H2,1-4H3,(H2,17,19). The third kappa shape index (κ3) is 5.63. The molecular formula is C16H27N3O2. The molecule has 4 N–H and O–H groups in total. The molecule has 0 aliphatic rings. The lowest BCUT2D eigenvalue weighted by atomic mass is 9.81. The lowest BCUT2D eigenvalue weighted by Crippen LogP contribution is -2.35. The van der Waals surface area contributed by atoms with Crippen molar-refractivity contribution in [1.82, 2.24) is 5.32 Å². The van der Waals surface area contributed by atoms with Crippen LogP contribution in [-0.4, -0.2) is 30.7 Å². The third-order valence-corrected chi connectivity index (χ3v) is 3.95. The molecule has 0 aliphatic carbocycles. The normalized spacial score (nSPS) is 12.7. The molecule has 0 radical (unpaired) electrons. The zero-order chi connectivity index (χ0) is 15.9. The number of nitrogens with two attached hydrogens (primary N) is 1. The highest BCUT2D eigenvalue weighted by Crippen LogP contribution is 2.24. The van der Waals surface area contributed by atoms with E-state index in [1.54, 1.807) is 12.1 Å². The quantitative estimate of drug-likeness (QED) is 0.226. The summed E-state index contributed by atoms with van der Waals surface area (Å²) in [4.78, 5) is 0. The van der Waals surface area contributed by atoms with E-state index in [9.17, 15) is 0 Å². The van der Waals surface area contributed by atoms with Crippen molar-refractivity contribution in [3.63, 3.8) is 0 Å². The van der Waals surface area contributed by atoms with Crippen molar-refractivity contribution in [2.45, 2.75) is 27.7 Å². The van der Waals surface area contributed by atoms with Gasteiger partial charge in [-0.3, -0.25) is 0 Å². The molecule has 0 atom stereocenters. The summed E-state index contributed by atoms with van der Waals surface area (Å²) in [7, 11) is 0. The highest BCUT2D eigenvalue weighted by atomic mass is 16.5. The molecule has 0 amide bonds. The molecule has 0 spiro atoms. The molecule has 0 heterocycles. The molecule has 21 heavy (non-hydrogen) atoms. The van der Waals surface area contributed by atoms with Crippen LogP contribution in [0.15, 0.2) is 29.4 Å². The first-order chi connectivity index (χ1) is 9.86. The van der Waals surface area contributed by atoms with Gasteiger partial charge in [0.1, 0.15) is 12.4 Å². The maximum Gasteiger partial charge on any atom is 0.170 e. The average Bonchev–Trinajstić information content (AvgIpc) is 2.46. The Hall–Kier alpha value is -1.75. The van der Waals surface area contributed by atoms with Crippen LogP contribution in [-0.2, 0) is 0 Å². The van der Waals surface area contributed by atoms with Gasteiger partial charge in [0.25, 0.3) is 0 Å². The second-order valence-electron chi connectivity index (χ2n) is 6.18. The molecular weight excluding hydrogens is 266 g/mol. The Morgan fingerprint density at radius 3 is 2.48 bits per heavy atom. The molecule has 5 nitrogen and oxygen atoms in total. The van der Waals surface area contributed by atoms with Gasteiger partial charge in [-0.25, -0.2) is 0 Å². The van der Waals surface area contributed by atoms with Gasteiger partial charge < -0.3 is 21.0 Å². The van der Waals surface area contributed by atoms with Crippen LogP contribution >= 0.6 is 0 Å². The van der Waals surface area contributed by atoms with Gasteiger partial charge in [0, 0.05) is 18.7 Å². The summed E-state index contributed by atoms with van der Waals surface area (Å²) in [6.45, 7) is 11.4. The molecule has 1 aromatic rings. The first-order valence-corrected chi connectivity index (χ1v) is 7.28. The SMILES string of the molecule is CC(C)C(C)(C)CNCCOc1ccc(/C(N)=N/O)cc1. The van der Waals surface area contributed by atoms with E-state index in [-0.39, 0.29) is 11.3 Å². The van der Waals surface area contributed by atoms with Crippen LogP contribution in [0.2, 0.25) is 0 Å². The largest absolute Gasteiger partial charge is 0.492 e. The monoisotopic (exact) mass is 293 g/mol. The van der Waals surface area contributed by atoms with Crippen LogP contribution in [0, 0.1) is 11.3 Å². The van der Waals surface area contributed by atoms with Crippen molar-refractivity contribution in [1.29, 1.82) is 0 Å². The Labute approximate surface area is 127 Å². The van der Waals surface area contributed by atoms with E-state index < -0.39 is 0 Å². The summed E-state index contributed by atoms with van der Waals surface area (Å²) in [6.07, 6.45) is 0. The molecule has 0 aliphatic heterocycles. The molecule has 0 unspecified atom stereocenters. The third-order valence-electron chi connectivity index (χ3n) is 3.95. The second kappa shape index (κ2) is 7.88. The Kier molecular flexibility index (Phi) is 6.49. The Morgan fingerprint density at radius 2 is 1.95 bits per heavy atom. The maximum absolute atomic E-state index is 8.59. The zero-order valence-corrected chi connectivity index (χ0v) is 13.4. The van der Waals surface area contributed by atoms with Gasteiger partial charge in [0.15, 0.2) is 5.84 Å². The first kappa shape index (κ1) is 17.3. The topological polar surface area (TPSA) is 79.9 Å². The zero-order valence-electron chi connectivity index (χ0n) is 13.4. The van der Waals surface area contributed by atoms with E-state index in [1.807, 2.05) is 12.1 Å². The van der Waals surface area contributed by atoms with Crippen LogP contribution < -0.4 is 15.8 Å². The Balaban J connectivity index is 2.30. The minimum Gasteiger partial charge on any atom is -0.492 e. The van der Waals surface area contributed by atoms with Crippen molar-refractivity contribution >= 4 is 5.84 Å². The van der Waals surface area contributed by atoms with Crippen LogP contribution in [0.3, 0.4) is 0 Å². The molecule has 1 rings (SSSR count). The van der Waals surface area contributed by atoms with Crippen LogP contribution in [0.1, 0.15) is 33.3 Å². The number of benzene rings is 1. The van der Waals surface area contributed by atoms with Crippen LogP contribution in [0.5, 0.6) is 5.75 Å². The summed E-state index contributed by atoms with van der Waals surface area (Å²) in [5.41, 5.74) is 6.45. The number of nitrogens with one attached hydrogen (secondary N) is 1. The van der Waals surface area contributed by atoms with Gasteiger partial charge in [-0.1, -0.05) is 32.9 Å². The molecule has 1 aromatic carbocycles. The smallest absolute Gasteiger partial charge is 0.170 e. The average molecular weight is 293 g/mol. The minimum absolute atomic E-state index is 0.0964. The van der Waals surface area contributed by atoms with Crippen molar-refractivity contribution in [3.8, 4) is 5.75 Å². The summed E-state index contributed by atoms with van der Waals surface area (Å²) in [5.74, 6) is 1.51. The predicted molar refractivity (Wildman–Crippen MR) is 85.9 cm³/mol. The second-order valence-corrected chi connectivity index (χ2v) is 6.18. The van der Waals surface area contributed by atoms with Crippen LogP contribution in [0.25, 0.3) is 0 Å². The number of ether oxygens (including phenoxy) is 1. The van der Waals surface area contributed by atoms with Crippen molar-refractivity contribution in [3.05, 3.63) is 29.8 Å². The molecule has 118 valence electrons. The number of rotatable bonds is 8. The molecule has 0 saturated heterocycles.